The number of aliphatic hydroxyl groups is 1. The van der Waals surface area contributed by atoms with E-state index in [1.807, 2.05) is 0 Å². The molecule has 6 aliphatic heterocycles. The highest BCUT2D eigenvalue weighted by atomic mass is 16.6. The average molecular weight is 954 g/mol. The van der Waals surface area contributed by atoms with E-state index in [4.69, 9.17) is 15.2 Å². The van der Waals surface area contributed by atoms with Crippen LogP contribution in [0.2, 0.25) is 0 Å². The second kappa shape index (κ2) is 13.9. The summed E-state index contributed by atoms with van der Waals surface area (Å²) in [7, 11) is 0. The van der Waals surface area contributed by atoms with E-state index in [1.165, 1.54) is 89.0 Å². The van der Waals surface area contributed by atoms with Crippen molar-refractivity contribution in [3.05, 3.63) is 80.0 Å². The highest BCUT2D eigenvalue weighted by Gasteiger charge is 2.94. The van der Waals surface area contributed by atoms with Crippen molar-refractivity contribution in [3.8, 4) is 11.8 Å². The molecule has 0 amide bonds. The molecular formula is C63H75N3O5. The van der Waals surface area contributed by atoms with E-state index in [1.54, 1.807) is 22.4 Å². The molecule has 8 fully saturated rings. The number of nitrogens with two attached hydrogens (primary N) is 1. The molecule has 5 spiro atoms. The predicted molar refractivity (Wildman–Crippen MR) is 269 cm³/mol. The molecule has 8 nitrogen and oxygen atoms in total. The third-order valence-corrected chi connectivity index (χ3v) is 25.4. The van der Waals surface area contributed by atoms with Crippen molar-refractivity contribution in [2.75, 3.05) is 19.6 Å². The number of fused-ring (bicyclic) bond motifs is 10. The number of ether oxygens (including phenoxy) is 2. The summed E-state index contributed by atoms with van der Waals surface area (Å²) in [6.07, 6.45) is 26.4. The number of aryl methyl sites for hydroxylation is 1. The molecule has 8 heteroatoms. The topological polar surface area (TPSA) is 105 Å². The zero-order valence-corrected chi connectivity index (χ0v) is 42.5. The van der Waals surface area contributed by atoms with E-state index in [0.29, 0.717) is 84.1 Å². The Balaban J connectivity index is 1.01. The standard InChI is InChI=1S/C63H75N3O5/c1-33-24-37-16-21-60-30-44(37)51-43-17-22-61-56-55(67)49-38(9-5-8-36-13-12-35(11-7-23-64)48-50(36)63(61,71-57(48)68)47(25-33)62(51,61)58(69)70-56)28-46-42-27-41(45-15-14-39(26-34(60)2)54(52(43)60)65(45)32-42)31-66(46)53(49)40-10-6-20-59(29-40)18-3-4-19-59/h12-13,24,33-34,38,40-42,44-47,49,52-53,67H,3-4,6-8,10-11,14-23,25-32,64H2,1-2H3. The molecule has 4 bridgehead atoms. The van der Waals surface area contributed by atoms with Crippen molar-refractivity contribution >= 4 is 11.9 Å². The van der Waals surface area contributed by atoms with Crippen molar-refractivity contribution in [1.82, 2.24) is 9.80 Å². The zero-order chi connectivity index (χ0) is 47.3. The first kappa shape index (κ1) is 42.5. The molecule has 17 unspecified atom stereocenters. The minimum absolute atomic E-state index is 0.0829. The van der Waals surface area contributed by atoms with Gasteiger partial charge in [0.15, 0.2) is 11.4 Å². The second-order valence-electron chi connectivity index (χ2n) is 27.6. The SMILES string of the molecule is CC1C=C2CCC34CC2C2=C5CCC67C8=C(O)C9C(C#CCc%10ccc(CCCN)c%11c%10C6(OC%11=O)C(C1)C27C(=O)O8)CC1C2CC(CN1C9C1CCCC6(CCCC6)C1)C1CCC(=C(C53)N1C2)CC4C. The summed E-state index contributed by atoms with van der Waals surface area (Å²) in [5.74, 6) is 10.3. The van der Waals surface area contributed by atoms with E-state index in [9.17, 15) is 5.11 Å². The number of carbonyl (C=O) groups is 2. The summed E-state index contributed by atoms with van der Waals surface area (Å²) in [5, 5.41) is 14.4. The van der Waals surface area contributed by atoms with Gasteiger partial charge in [0.1, 0.15) is 11.2 Å². The van der Waals surface area contributed by atoms with Gasteiger partial charge in [-0.05, 0) is 179 Å². The third-order valence-electron chi connectivity index (χ3n) is 25.4. The Kier molecular flexibility index (Phi) is 8.34. The van der Waals surface area contributed by atoms with Crippen molar-refractivity contribution < 1.29 is 24.2 Å². The van der Waals surface area contributed by atoms with Crippen molar-refractivity contribution in [1.29, 1.82) is 0 Å². The molecule has 71 heavy (non-hydrogen) atoms. The van der Waals surface area contributed by atoms with Crippen LogP contribution >= 0.6 is 0 Å². The highest BCUT2D eigenvalue weighted by Crippen LogP contribution is 2.90. The van der Waals surface area contributed by atoms with Gasteiger partial charge in [0, 0.05) is 78.5 Å². The molecule has 372 valence electrons. The van der Waals surface area contributed by atoms with E-state index in [0.717, 1.165) is 68.3 Å². The van der Waals surface area contributed by atoms with Crippen LogP contribution in [0, 0.1) is 92.7 Å². The number of piperidine rings is 3. The number of hydrogen-bond acceptors (Lipinski definition) is 8. The first-order chi connectivity index (χ1) is 34.6. The lowest BCUT2D eigenvalue weighted by Gasteiger charge is -2.74. The minimum Gasteiger partial charge on any atom is -0.508 e. The number of esters is 2. The molecule has 16 rings (SSSR count). The van der Waals surface area contributed by atoms with Crippen LogP contribution in [0.4, 0.5) is 0 Å². The molecule has 0 radical (unpaired) electrons. The molecule has 17 atom stereocenters. The Hall–Kier alpha value is -3.80. The summed E-state index contributed by atoms with van der Waals surface area (Å²) >= 11 is 0. The lowest BCUT2D eigenvalue weighted by molar-refractivity contribution is -0.283. The molecule has 4 saturated heterocycles. The van der Waals surface area contributed by atoms with Gasteiger partial charge in [-0.2, -0.15) is 0 Å². The number of benzene rings is 1. The first-order valence-corrected chi connectivity index (χ1v) is 29.5. The Morgan fingerprint density at radius 3 is 2.65 bits per heavy atom. The third kappa shape index (κ3) is 4.69. The Bertz CT molecular complexity index is 2870. The number of allylic oxidation sites excluding steroid dienone is 4. The van der Waals surface area contributed by atoms with E-state index in [2.05, 4.69) is 53.7 Å². The molecule has 1 aromatic rings. The van der Waals surface area contributed by atoms with Crippen LogP contribution in [-0.4, -0.2) is 64.6 Å². The number of hydrogen-bond donors (Lipinski definition) is 2. The fourth-order valence-corrected chi connectivity index (χ4v) is 23.5. The lowest BCUT2D eigenvalue weighted by Crippen LogP contribution is -2.78. The van der Waals surface area contributed by atoms with Gasteiger partial charge >= 0.3 is 11.9 Å². The van der Waals surface area contributed by atoms with Gasteiger partial charge in [-0.1, -0.05) is 79.9 Å². The molecule has 15 aliphatic rings. The summed E-state index contributed by atoms with van der Waals surface area (Å²) in [5.41, 5.74) is 15.1. The van der Waals surface area contributed by atoms with Gasteiger partial charge in [0.2, 0.25) is 0 Å². The number of nitrogens with zero attached hydrogens (tertiary/aromatic N) is 2. The Morgan fingerprint density at radius 1 is 0.915 bits per heavy atom. The second-order valence-corrected chi connectivity index (χ2v) is 27.6. The average Bonchev–Trinajstić information content (AvgIpc) is 4.06. The zero-order valence-electron chi connectivity index (χ0n) is 42.5. The highest BCUT2D eigenvalue weighted by molar-refractivity contribution is 6.01. The number of rotatable bonds is 4. The van der Waals surface area contributed by atoms with Crippen LogP contribution in [0.5, 0.6) is 0 Å². The maximum atomic E-state index is 16.7. The first-order valence-electron chi connectivity index (χ1n) is 29.5. The van der Waals surface area contributed by atoms with Gasteiger partial charge in [0.05, 0.1) is 11.0 Å². The normalized spacial score (nSPS) is 48.1. The smallest absolute Gasteiger partial charge is 0.339 e. The van der Waals surface area contributed by atoms with E-state index in [-0.39, 0.29) is 58.9 Å². The maximum absolute atomic E-state index is 16.7. The van der Waals surface area contributed by atoms with Crippen molar-refractivity contribution in [2.45, 2.75) is 179 Å². The fraction of sp³-hybridized carbons (Fsp3) is 0.714. The fourth-order valence-electron chi connectivity index (χ4n) is 23.5. The maximum Gasteiger partial charge on any atom is 0.339 e. The van der Waals surface area contributed by atoms with Crippen LogP contribution in [0.25, 0.3) is 0 Å². The molecule has 9 aliphatic carbocycles. The number of aliphatic hydroxyl groups excluding tert-OH is 1. The van der Waals surface area contributed by atoms with Gasteiger partial charge in [-0.3, -0.25) is 9.69 Å². The van der Waals surface area contributed by atoms with Crippen LogP contribution in [-0.2, 0) is 32.7 Å². The number of carbonyl (C=O) groups excluding carboxylic acids is 2. The van der Waals surface area contributed by atoms with Crippen LogP contribution < -0.4 is 5.73 Å². The van der Waals surface area contributed by atoms with E-state index >= 15 is 9.59 Å². The lowest BCUT2D eigenvalue weighted by atomic mass is 9.26. The molecule has 0 aromatic heterocycles. The minimum atomic E-state index is -1.19. The Morgan fingerprint density at radius 2 is 1.77 bits per heavy atom. The summed E-state index contributed by atoms with van der Waals surface area (Å²) in [6, 6.07) is 5.47. The van der Waals surface area contributed by atoms with Crippen LogP contribution in [0.3, 0.4) is 0 Å². The monoisotopic (exact) mass is 954 g/mol. The Labute approximate surface area is 421 Å². The van der Waals surface area contributed by atoms with Gasteiger partial charge in [0.25, 0.3) is 0 Å². The summed E-state index contributed by atoms with van der Waals surface area (Å²) in [6.45, 7) is 7.75. The van der Waals surface area contributed by atoms with Crippen molar-refractivity contribution in [2.24, 2.45) is 86.6 Å². The summed E-state index contributed by atoms with van der Waals surface area (Å²) < 4.78 is 14.9. The van der Waals surface area contributed by atoms with Crippen molar-refractivity contribution in [3.63, 3.8) is 0 Å². The quantitative estimate of drug-likeness (QED) is 0.175. The molecular weight excluding hydrogens is 879 g/mol. The predicted octanol–water partition coefficient (Wildman–Crippen LogP) is 10.8. The van der Waals surface area contributed by atoms with Crippen LogP contribution in [0.1, 0.15) is 169 Å². The molecule has 4 saturated carbocycles. The summed E-state index contributed by atoms with van der Waals surface area (Å²) in [4.78, 5) is 38.3. The molecule has 1 aromatic carbocycles. The van der Waals surface area contributed by atoms with Crippen LogP contribution in [0.15, 0.2) is 57.7 Å². The molecule has 6 heterocycles. The van der Waals surface area contributed by atoms with Gasteiger partial charge in [-0.25, -0.2) is 4.79 Å². The molecule has 3 N–H and O–H groups in total. The van der Waals surface area contributed by atoms with E-state index < -0.39 is 16.4 Å². The van der Waals surface area contributed by atoms with Gasteiger partial charge in [-0.15, -0.1) is 0 Å². The van der Waals surface area contributed by atoms with Gasteiger partial charge < -0.3 is 25.2 Å². The largest absolute Gasteiger partial charge is 0.508 e.